The Kier molecular flexibility index (Phi) is 8.33. The van der Waals surface area contributed by atoms with Gasteiger partial charge in [-0.25, -0.2) is 17.5 Å². The second kappa shape index (κ2) is 11.4. The largest absolute Gasteiger partial charge is 0.394 e. The Morgan fingerprint density at radius 1 is 1.06 bits per heavy atom. The molecule has 9 heteroatoms. The van der Waals surface area contributed by atoms with Crippen molar-refractivity contribution in [2.45, 2.75) is 48.8 Å². The molecule has 7 nitrogen and oxygen atoms in total. The first kappa shape index (κ1) is 25.5. The molecule has 2 aromatic carbocycles. The Morgan fingerprint density at radius 3 is 2.40 bits per heavy atom. The number of nitrogens with zero attached hydrogens (tertiary/aromatic N) is 1. The lowest BCUT2D eigenvalue weighted by Gasteiger charge is -2.35. The van der Waals surface area contributed by atoms with Crippen LogP contribution >= 0.6 is 0 Å². The van der Waals surface area contributed by atoms with Gasteiger partial charge in [0.25, 0.3) is 0 Å². The van der Waals surface area contributed by atoms with E-state index < -0.39 is 40.7 Å². The number of piperidine rings is 1. The van der Waals surface area contributed by atoms with Crippen LogP contribution in [0.4, 0.5) is 4.39 Å². The highest BCUT2D eigenvalue weighted by atomic mass is 32.2. The fourth-order valence-corrected chi connectivity index (χ4v) is 5.83. The number of carbonyl (C=O) groups is 1. The Bertz CT molecular complexity index is 1120. The van der Waals surface area contributed by atoms with Crippen LogP contribution in [-0.2, 0) is 26.0 Å². The summed E-state index contributed by atoms with van der Waals surface area (Å²) in [6, 6.07) is 14.0. The molecule has 2 aliphatic rings. The van der Waals surface area contributed by atoms with Gasteiger partial charge in [-0.2, -0.15) is 0 Å². The van der Waals surface area contributed by atoms with Crippen molar-refractivity contribution in [1.82, 2.24) is 9.62 Å². The van der Waals surface area contributed by atoms with E-state index in [0.29, 0.717) is 19.0 Å². The fourth-order valence-electron chi connectivity index (χ4n) is 4.61. The van der Waals surface area contributed by atoms with Gasteiger partial charge in [0, 0.05) is 13.1 Å². The summed E-state index contributed by atoms with van der Waals surface area (Å²) < 4.78 is 46.7. The molecule has 4 rings (SSSR count). The minimum atomic E-state index is -3.94. The van der Waals surface area contributed by atoms with Gasteiger partial charge in [-0.15, -0.1) is 0 Å². The number of likely N-dealkylation sites (tertiary alicyclic amines) is 1. The maximum Gasteiger partial charge on any atom is 0.241 e. The van der Waals surface area contributed by atoms with Crippen LogP contribution in [0.1, 0.15) is 24.8 Å². The van der Waals surface area contributed by atoms with Crippen molar-refractivity contribution in [2.24, 2.45) is 5.92 Å². The van der Waals surface area contributed by atoms with Crippen molar-refractivity contribution in [1.29, 1.82) is 0 Å². The third kappa shape index (κ3) is 6.76. The molecule has 0 saturated carbocycles. The summed E-state index contributed by atoms with van der Waals surface area (Å²) in [7, 11) is -3.94. The van der Waals surface area contributed by atoms with Gasteiger partial charge in [0.1, 0.15) is 11.9 Å². The number of hydrogen-bond acceptors (Lipinski definition) is 5. The van der Waals surface area contributed by atoms with Crippen molar-refractivity contribution < 1.29 is 27.4 Å². The maximum atomic E-state index is 13.1. The monoisotopic (exact) mass is 502 g/mol. The summed E-state index contributed by atoms with van der Waals surface area (Å²) in [5.41, 5.74) is 1.32. The normalized spacial score (nSPS) is 23.4. The molecule has 35 heavy (non-hydrogen) atoms. The number of ether oxygens (including phenoxy) is 1. The van der Waals surface area contributed by atoms with Crippen LogP contribution in [0.25, 0.3) is 0 Å². The number of benzene rings is 2. The highest BCUT2D eigenvalue weighted by molar-refractivity contribution is 7.89. The highest BCUT2D eigenvalue weighted by Gasteiger charge is 2.32. The molecule has 1 amide bonds. The molecule has 0 unspecified atom stereocenters. The molecule has 1 fully saturated rings. The fraction of sp³-hybridized carbons (Fsp3) is 0.423. The molecule has 1 saturated heterocycles. The van der Waals surface area contributed by atoms with E-state index in [1.807, 2.05) is 23.1 Å². The summed E-state index contributed by atoms with van der Waals surface area (Å²) in [6.07, 6.45) is 4.93. The number of amides is 1. The second-order valence-electron chi connectivity index (χ2n) is 9.10. The van der Waals surface area contributed by atoms with Crippen LogP contribution in [0.15, 0.2) is 71.6 Å². The molecule has 2 heterocycles. The third-order valence-corrected chi connectivity index (χ3v) is 8.06. The molecule has 3 atom stereocenters. The van der Waals surface area contributed by atoms with Gasteiger partial charge in [0.15, 0.2) is 0 Å². The molecule has 0 aliphatic carbocycles. The Hall–Kier alpha value is -2.59. The average Bonchev–Trinajstić information content (AvgIpc) is 2.86. The lowest BCUT2D eigenvalue weighted by atomic mass is 9.90. The first-order chi connectivity index (χ1) is 16.8. The standard InChI is InChI=1S/C26H31FN2O5S/c27-21-6-9-23(10-7-21)35(32,33)28-24-11-8-22(34-25(24)18-30)17-26(31)29-14-12-20(13-15-29)16-19-4-2-1-3-5-19/h1-11,20,22,24-25,28,30H,12-18H2/t22-,24+,25+/m0/s1. The summed E-state index contributed by atoms with van der Waals surface area (Å²) >= 11 is 0. The van der Waals surface area contributed by atoms with Crippen LogP contribution in [0.3, 0.4) is 0 Å². The number of hydrogen-bond donors (Lipinski definition) is 2. The molecule has 0 aromatic heterocycles. The SMILES string of the molecule is O=C(C[C@@H]1C=C[C@@H](NS(=O)(=O)c2ccc(F)cc2)[C@@H](CO)O1)N1CCC(Cc2ccccc2)CC1. The van der Waals surface area contributed by atoms with E-state index in [0.717, 1.165) is 31.4 Å². The maximum absolute atomic E-state index is 13.1. The molecular weight excluding hydrogens is 471 g/mol. The van der Waals surface area contributed by atoms with Gasteiger partial charge in [0.05, 0.1) is 30.1 Å². The van der Waals surface area contributed by atoms with E-state index >= 15 is 0 Å². The van der Waals surface area contributed by atoms with E-state index in [4.69, 9.17) is 4.74 Å². The first-order valence-electron chi connectivity index (χ1n) is 11.9. The topological polar surface area (TPSA) is 95.9 Å². The highest BCUT2D eigenvalue weighted by Crippen LogP contribution is 2.24. The summed E-state index contributed by atoms with van der Waals surface area (Å²) in [4.78, 5) is 14.6. The predicted molar refractivity (Wildman–Crippen MR) is 129 cm³/mol. The van der Waals surface area contributed by atoms with Gasteiger partial charge in [-0.05, 0) is 55.0 Å². The zero-order chi connectivity index (χ0) is 24.8. The average molecular weight is 503 g/mol. The van der Waals surface area contributed by atoms with Crippen molar-refractivity contribution in [3.63, 3.8) is 0 Å². The van der Waals surface area contributed by atoms with E-state index in [1.165, 1.54) is 17.7 Å². The number of sulfonamides is 1. The minimum absolute atomic E-state index is 0.0140. The number of nitrogens with one attached hydrogen (secondary N) is 1. The van der Waals surface area contributed by atoms with Crippen molar-refractivity contribution in [3.05, 3.63) is 78.1 Å². The number of aliphatic hydroxyl groups excluding tert-OH is 1. The van der Waals surface area contributed by atoms with Gasteiger partial charge in [-0.1, -0.05) is 42.5 Å². The lowest BCUT2D eigenvalue weighted by molar-refractivity contribution is -0.136. The van der Waals surface area contributed by atoms with Gasteiger partial charge >= 0.3 is 0 Å². The predicted octanol–water partition coefficient (Wildman–Crippen LogP) is 2.66. The quantitative estimate of drug-likeness (QED) is 0.541. The molecule has 2 aromatic rings. The number of aliphatic hydroxyl groups is 1. The van der Waals surface area contributed by atoms with Crippen LogP contribution in [-0.4, -0.2) is 62.3 Å². The number of halogens is 1. The summed E-state index contributed by atoms with van der Waals surface area (Å²) in [5, 5.41) is 9.78. The molecule has 2 N–H and O–H groups in total. The van der Waals surface area contributed by atoms with Crippen molar-refractivity contribution in [2.75, 3.05) is 19.7 Å². The Morgan fingerprint density at radius 2 is 1.74 bits per heavy atom. The van der Waals surface area contributed by atoms with E-state index in [1.54, 1.807) is 12.2 Å². The molecule has 2 aliphatic heterocycles. The van der Waals surface area contributed by atoms with Crippen LogP contribution in [0.2, 0.25) is 0 Å². The number of carbonyl (C=O) groups excluding carboxylic acids is 1. The number of rotatable bonds is 8. The Labute approximate surface area is 205 Å². The molecular formula is C26H31FN2O5S. The van der Waals surface area contributed by atoms with E-state index in [9.17, 15) is 22.7 Å². The lowest BCUT2D eigenvalue weighted by Crippen LogP contribution is -2.49. The zero-order valence-corrected chi connectivity index (χ0v) is 20.2. The molecule has 0 spiro atoms. The van der Waals surface area contributed by atoms with Gasteiger partial charge in [0.2, 0.25) is 15.9 Å². The summed E-state index contributed by atoms with van der Waals surface area (Å²) in [5.74, 6) is 0.00629. The van der Waals surface area contributed by atoms with Crippen LogP contribution in [0.5, 0.6) is 0 Å². The van der Waals surface area contributed by atoms with E-state index in [-0.39, 0.29) is 17.2 Å². The van der Waals surface area contributed by atoms with Crippen LogP contribution in [0, 0.1) is 11.7 Å². The minimum Gasteiger partial charge on any atom is -0.394 e. The summed E-state index contributed by atoms with van der Waals surface area (Å²) in [6.45, 7) is 0.989. The molecule has 0 radical (unpaired) electrons. The second-order valence-corrected chi connectivity index (χ2v) is 10.8. The molecule has 188 valence electrons. The van der Waals surface area contributed by atoms with E-state index in [2.05, 4.69) is 16.9 Å². The van der Waals surface area contributed by atoms with Crippen molar-refractivity contribution >= 4 is 15.9 Å². The van der Waals surface area contributed by atoms with Crippen LogP contribution < -0.4 is 4.72 Å². The Balaban J connectivity index is 1.29. The van der Waals surface area contributed by atoms with Gasteiger partial charge < -0.3 is 14.7 Å². The van der Waals surface area contributed by atoms with Gasteiger partial charge in [-0.3, -0.25) is 4.79 Å². The molecule has 0 bridgehead atoms. The first-order valence-corrected chi connectivity index (χ1v) is 13.4. The third-order valence-electron chi connectivity index (χ3n) is 6.59. The smallest absolute Gasteiger partial charge is 0.241 e. The zero-order valence-electron chi connectivity index (χ0n) is 19.4. The van der Waals surface area contributed by atoms with Crippen molar-refractivity contribution in [3.8, 4) is 0 Å².